The molecule has 0 aliphatic rings. The van der Waals surface area contributed by atoms with Crippen LogP contribution in [0.1, 0.15) is 15.9 Å². The minimum Gasteiger partial charge on any atom is -0.354 e. The summed E-state index contributed by atoms with van der Waals surface area (Å²) in [5, 5.41) is 5.18. The minimum atomic E-state index is -3.75. The largest absolute Gasteiger partial charge is 0.354 e. The van der Waals surface area contributed by atoms with Crippen LogP contribution in [0.2, 0.25) is 0 Å². The SMILES string of the molecule is O=C(N/N=C/c1c(-c2ccccc2)[nH]c2ccccc12)c1ccc(NS(=O)(=O)c2ccc(Br)cc2)cc1. The van der Waals surface area contributed by atoms with Gasteiger partial charge in [-0.05, 0) is 60.2 Å². The molecule has 1 amide bonds. The summed E-state index contributed by atoms with van der Waals surface area (Å²) in [6.45, 7) is 0. The highest BCUT2D eigenvalue weighted by Gasteiger charge is 2.15. The van der Waals surface area contributed by atoms with E-state index in [9.17, 15) is 13.2 Å². The third-order valence-electron chi connectivity index (χ3n) is 5.69. The van der Waals surface area contributed by atoms with Gasteiger partial charge in [0.25, 0.3) is 15.9 Å². The normalized spacial score (nSPS) is 11.6. The Labute approximate surface area is 222 Å². The highest BCUT2D eigenvalue weighted by molar-refractivity contribution is 9.10. The van der Waals surface area contributed by atoms with Crippen molar-refractivity contribution in [2.75, 3.05) is 4.72 Å². The smallest absolute Gasteiger partial charge is 0.271 e. The zero-order valence-corrected chi connectivity index (χ0v) is 21.8. The molecule has 9 heteroatoms. The van der Waals surface area contributed by atoms with Crippen LogP contribution in [0.3, 0.4) is 0 Å². The monoisotopic (exact) mass is 572 g/mol. The predicted octanol–water partition coefficient (Wildman–Crippen LogP) is 6.16. The fourth-order valence-corrected chi connectivity index (χ4v) is 5.19. The number of hydrogen-bond donors (Lipinski definition) is 3. The van der Waals surface area contributed by atoms with Crippen molar-refractivity contribution in [1.82, 2.24) is 10.4 Å². The van der Waals surface area contributed by atoms with Crippen LogP contribution in [0.4, 0.5) is 5.69 Å². The molecular formula is C28H21BrN4O3S. The number of aromatic amines is 1. The van der Waals surface area contributed by atoms with Crippen LogP contribution in [-0.4, -0.2) is 25.5 Å². The topological polar surface area (TPSA) is 103 Å². The van der Waals surface area contributed by atoms with E-state index < -0.39 is 15.9 Å². The molecule has 5 rings (SSSR count). The number of halogens is 1. The predicted molar refractivity (Wildman–Crippen MR) is 150 cm³/mol. The summed E-state index contributed by atoms with van der Waals surface area (Å²) in [6.07, 6.45) is 1.62. The maximum atomic E-state index is 12.7. The fourth-order valence-electron chi connectivity index (χ4n) is 3.87. The summed E-state index contributed by atoms with van der Waals surface area (Å²) in [6, 6.07) is 30.2. The standard InChI is InChI=1S/C28H21BrN4O3S/c29-21-12-16-23(17-13-21)37(35,36)33-22-14-10-20(11-15-22)28(34)32-30-18-25-24-8-4-5-9-26(24)31-27(25)19-6-2-1-3-7-19/h1-18,31,33H,(H,32,34)/b30-18+. The molecule has 0 spiro atoms. The van der Waals surface area contributed by atoms with Crippen molar-refractivity contribution in [2.24, 2.45) is 5.10 Å². The second-order valence-electron chi connectivity index (χ2n) is 8.16. The molecule has 4 aromatic carbocycles. The van der Waals surface area contributed by atoms with Crippen molar-refractivity contribution < 1.29 is 13.2 Å². The van der Waals surface area contributed by atoms with E-state index in [1.54, 1.807) is 18.3 Å². The van der Waals surface area contributed by atoms with Gasteiger partial charge in [-0.15, -0.1) is 0 Å². The molecule has 7 nitrogen and oxygen atoms in total. The molecule has 0 fully saturated rings. The van der Waals surface area contributed by atoms with E-state index >= 15 is 0 Å². The van der Waals surface area contributed by atoms with E-state index in [1.807, 2.05) is 54.6 Å². The van der Waals surface area contributed by atoms with Crippen molar-refractivity contribution in [1.29, 1.82) is 0 Å². The number of benzene rings is 4. The molecule has 37 heavy (non-hydrogen) atoms. The van der Waals surface area contributed by atoms with Gasteiger partial charge in [0.15, 0.2) is 0 Å². The van der Waals surface area contributed by atoms with Gasteiger partial charge in [-0.2, -0.15) is 5.10 Å². The molecule has 0 bridgehead atoms. The summed E-state index contributed by atoms with van der Waals surface area (Å²) in [7, 11) is -3.75. The van der Waals surface area contributed by atoms with E-state index in [2.05, 4.69) is 36.2 Å². The zero-order valence-electron chi connectivity index (χ0n) is 19.4. The van der Waals surface area contributed by atoms with E-state index in [4.69, 9.17) is 0 Å². The van der Waals surface area contributed by atoms with Crippen LogP contribution in [-0.2, 0) is 10.0 Å². The fraction of sp³-hybridized carbons (Fsp3) is 0. The Morgan fingerprint density at radius 3 is 2.24 bits per heavy atom. The third-order valence-corrected chi connectivity index (χ3v) is 7.62. The lowest BCUT2D eigenvalue weighted by Gasteiger charge is -2.09. The molecule has 184 valence electrons. The number of nitrogens with zero attached hydrogens (tertiary/aromatic N) is 1. The first-order valence-electron chi connectivity index (χ1n) is 11.3. The number of fused-ring (bicyclic) bond motifs is 1. The van der Waals surface area contributed by atoms with Crippen LogP contribution in [0.15, 0.2) is 118 Å². The number of amides is 1. The lowest BCUT2D eigenvalue weighted by Crippen LogP contribution is -2.18. The second-order valence-corrected chi connectivity index (χ2v) is 10.8. The number of rotatable bonds is 7. The number of sulfonamides is 1. The number of hydrazone groups is 1. The van der Waals surface area contributed by atoms with Crippen molar-refractivity contribution in [3.8, 4) is 11.3 Å². The molecule has 1 aromatic heterocycles. The number of H-pyrrole nitrogens is 1. The van der Waals surface area contributed by atoms with Crippen LogP contribution < -0.4 is 10.1 Å². The average Bonchev–Trinajstić information content (AvgIpc) is 3.28. The lowest BCUT2D eigenvalue weighted by atomic mass is 10.1. The Balaban J connectivity index is 1.30. The molecule has 0 unspecified atom stereocenters. The van der Waals surface area contributed by atoms with Crippen molar-refractivity contribution in [3.63, 3.8) is 0 Å². The number of carbonyl (C=O) groups is 1. The maximum Gasteiger partial charge on any atom is 0.271 e. The molecule has 0 radical (unpaired) electrons. The van der Waals surface area contributed by atoms with Crippen LogP contribution in [0.25, 0.3) is 22.2 Å². The maximum absolute atomic E-state index is 12.7. The number of aromatic nitrogens is 1. The number of anilines is 1. The summed E-state index contributed by atoms with van der Waals surface area (Å²) in [5.41, 5.74) is 6.97. The molecular weight excluding hydrogens is 552 g/mol. The van der Waals surface area contributed by atoms with Crippen LogP contribution >= 0.6 is 15.9 Å². The van der Waals surface area contributed by atoms with E-state index in [0.717, 1.165) is 32.2 Å². The van der Waals surface area contributed by atoms with Crippen LogP contribution in [0, 0.1) is 0 Å². The third kappa shape index (κ3) is 5.47. The zero-order chi connectivity index (χ0) is 25.8. The van der Waals surface area contributed by atoms with Crippen molar-refractivity contribution in [2.45, 2.75) is 4.90 Å². The first-order chi connectivity index (χ1) is 17.9. The summed E-state index contributed by atoms with van der Waals surface area (Å²) >= 11 is 3.29. The van der Waals surface area contributed by atoms with Gasteiger partial charge in [0.2, 0.25) is 0 Å². The average molecular weight is 573 g/mol. The minimum absolute atomic E-state index is 0.138. The molecule has 0 saturated carbocycles. The number of nitrogens with one attached hydrogen (secondary N) is 3. The molecule has 0 aliphatic carbocycles. The molecule has 1 heterocycles. The summed E-state index contributed by atoms with van der Waals surface area (Å²) < 4.78 is 28.5. The Bertz CT molecular complexity index is 1700. The Kier molecular flexibility index (Phi) is 6.89. The molecule has 3 N–H and O–H groups in total. The van der Waals surface area contributed by atoms with Gasteiger partial charge >= 0.3 is 0 Å². The Morgan fingerprint density at radius 2 is 1.51 bits per heavy atom. The summed E-state index contributed by atoms with van der Waals surface area (Å²) in [5.74, 6) is -0.417. The van der Waals surface area contributed by atoms with Gasteiger partial charge in [0.1, 0.15) is 0 Å². The summed E-state index contributed by atoms with van der Waals surface area (Å²) in [4.78, 5) is 16.2. The highest BCUT2D eigenvalue weighted by atomic mass is 79.9. The van der Waals surface area contributed by atoms with Crippen LogP contribution in [0.5, 0.6) is 0 Å². The van der Waals surface area contributed by atoms with E-state index in [1.165, 1.54) is 36.4 Å². The number of hydrogen-bond acceptors (Lipinski definition) is 4. The van der Waals surface area contributed by atoms with Gasteiger partial charge in [0, 0.05) is 32.2 Å². The van der Waals surface area contributed by atoms with Crippen molar-refractivity contribution >= 4 is 54.7 Å². The Hall–Kier alpha value is -4.21. The van der Waals surface area contributed by atoms with Gasteiger partial charge in [-0.25, -0.2) is 13.8 Å². The quantitative estimate of drug-likeness (QED) is 0.160. The molecule has 0 atom stereocenters. The number of carbonyl (C=O) groups excluding carboxylic acids is 1. The number of para-hydroxylation sites is 1. The van der Waals surface area contributed by atoms with E-state index in [-0.39, 0.29) is 4.90 Å². The second kappa shape index (κ2) is 10.4. The Morgan fingerprint density at radius 1 is 0.838 bits per heavy atom. The van der Waals surface area contributed by atoms with Gasteiger partial charge in [0.05, 0.1) is 16.8 Å². The molecule has 5 aromatic rings. The lowest BCUT2D eigenvalue weighted by molar-refractivity contribution is 0.0955. The van der Waals surface area contributed by atoms with Gasteiger partial charge in [-0.1, -0.05) is 64.5 Å². The molecule has 0 aliphatic heterocycles. The highest BCUT2D eigenvalue weighted by Crippen LogP contribution is 2.29. The first-order valence-corrected chi connectivity index (χ1v) is 13.6. The van der Waals surface area contributed by atoms with E-state index in [0.29, 0.717) is 11.3 Å². The van der Waals surface area contributed by atoms with Crippen molar-refractivity contribution in [3.05, 3.63) is 119 Å². The van der Waals surface area contributed by atoms with Gasteiger partial charge in [-0.3, -0.25) is 9.52 Å². The molecule has 0 saturated heterocycles. The first kappa shape index (κ1) is 24.5. The van der Waals surface area contributed by atoms with Gasteiger partial charge < -0.3 is 4.98 Å².